The fourth-order valence-electron chi connectivity index (χ4n) is 2.71. The average molecular weight is 291 g/mol. The number of rotatable bonds is 6. The first-order chi connectivity index (χ1) is 8.53. The van der Waals surface area contributed by atoms with Crippen LogP contribution >= 0.6 is 12.2 Å². The van der Waals surface area contributed by atoms with Gasteiger partial charge in [-0.15, -0.1) is 0 Å². The normalized spacial score (nSPS) is 29.4. The maximum Gasteiger partial charge on any atom is 0.169 e. The highest BCUT2D eigenvalue weighted by molar-refractivity contribution is 7.91. The number of hydrogen-bond acceptors (Lipinski definition) is 4. The van der Waals surface area contributed by atoms with Gasteiger partial charge in [0.2, 0.25) is 0 Å². The number of hydrogen-bond donors (Lipinski definition) is 2. The predicted octanol–water partition coefficient (Wildman–Crippen LogP) is -0.139. The molecule has 0 amide bonds. The van der Waals surface area contributed by atoms with Gasteiger partial charge in [-0.1, -0.05) is 12.8 Å². The summed E-state index contributed by atoms with van der Waals surface area (Å²) in [4.78, 5) is 2.06. The zero-order valence-corrected chi connectivity index (χ0v) is 12.1. The largest absolute Gasteiger partial charge is 0.357 e. The monoisotopic (exact) mass is 291 g/mol. The third-order valence-corrected chi connectivity index (χ3v) is 5.71. The molecule has 2 heterocycles. The Morgan fingerprint density at radius 2 is 2.00 bits per heavy atom. The Kier molecular flexibility index (Phi) is 4.45. The second-order valence-electron chi connectivity index (χ2n) is 5.10. The van der Waals surface area contributed by atoms with Gasteiger partial charge in [-0.2, -0.15) is 0 Å². The molecule has 0 aromatic carbocycles. The summed E-state index contributed by atoms with van der Waals surface area (Å²) in [5, 5.41) is 3.85. The first-order valence-electron chi connectivity index (χ1n) is 6.51. The van der Waals surface area contributed by atoms with Gasteiger partial charge in [0.15, 0.2) is 14.9 Å². The molecule has 3 N–H and O–H groups in total. The summed E-state index contributed by atoms with van der Waals surface area (Å²) >= 11 is 5.27. The van der Waals surface area contributed by atoms with Crippen molar-refractivity contribution in [1.82, 2.24) is 10.2 Å². The van der Waals surface area contributed by atoms with E-state index in [1.54, 1.807) is 0 Å². The van der Waals surface area contributed by atoms with E-state index in [0.717, 1.165) is 43.9 Å². The number of unbranched alkanes of at least 4 members (excludes halogenated alkanes) is 3. The van der Waals surface area contributed by atoms with Crippen LogP contribution in [-0.4, -0.2) is 55.1 Å². The summed E-state index contributed by atoms with van der Waals surface area (Å²) in [5.74, 6) is 0.467. The molecule has 0 unspecified atom stereocenters. The minimum Gasteiger partial charge on any atom is -0.357 e. The molecule has 2 fully saturated rings. The van der Waals surface area contributed by atoms with Gasteiger partial charge in [0.25, 0.3) is 0 Å². The van der Waals surface area contributed by atoms with Gasteiger partial charge in [0.1, 0.15) is 0 Å². The number of thiocarbonyl (C=S) groups is 1. The molecule has 2 aliphatic rings. The van der Waals surface area contributed by atoms with Gasteiger partial charge < -0.3 is 16.0 Å². The van der Waals surface area contributed by atoms with E-state index in [1.165, 1.54) is 0 Å². The van der Waals surface area contributed by atoms with Gasteiger partial charge in [0.05, 0.1) is 23.6 Å². The molecule has 5 nitrogen and oxygen atoms in total. The average Bonchev–Trinajstić information content (AvgIpc) is 2.71. The Labute approximate surface area is 114 Å². The molecule has 0 aliphatic carbocycles. The number of nitrogens with zero attached hydrogens (tertiary/aromatic N) is 1. The Bertz CT molecular complexity index is 411. The Hall–Kier alpha value is -0.400. The summed E-state index contributed by atoms with van der Waals surface area (Å²) in [6.45, 7) is 1.60. The molecule has 0 saturated carbocycles. The molecular formula is C11H21N3O2S2. The predicted molar refractivity (Wildman–Crippen MR) is 76.2 cm³/mol. The van der Waals surface area contributed by atoms with E-state index in [1.807, 2.05) is 0 Å². The van der Waals surface area contributed by atoms with Crippen molar-refractivity contribution in [3.8, 4) is 0 Å². The van der Waals surface area contributed by atoms with Gasteiger partial charge in [-0.3, -0.25) is 0 Å². The van der Waals surface area contributed by atoms with E-state index in [4.69, 9.17) is 18.0 Å². The van der Waals surface area contributed by atoms with Crippen LogP contribution in [0.25, 0.3) is 0 Å². The van der Waals surface area contributed by atoms with E-state index in [9.17, 15) is 8.42 Å². The Morgan fingerprint density at radius 1 is 1.28 bits per heavy atom. The summed E-state index contributed by atoms with van der Waals surface area (Å²) in [6, 6.07) is 0.0588. The van der Waals surface area contributed by atoms with Crippen molar-refractivity contribution >= 4 is 27.2 Å². The van der Waals surface area contributed by atoms with Crippen molar-refractivity contribution in [2.75, 3.05) is 24.6 Å². The Balaban J connectivity index is 1.82. The molecule has 104 valence electrons. The summed E-state index contributed by atoms with van der Waals surface area (Å²) in [6.07, 6.45) is 4.37. The molecule has 18 heavy (non-hydrogen) atoms. The maximum atomic E-state index is 11.6. The second-order valence-corrected chi connectivity index (χ2v) is 7.64. The number of nitrogens with one attached hydrogen (secondary N) is 1. The second kappa shape index (κ2) is 5.71. The quantitative estimate of drug-likeness (QED) is 0.524. The van der Waals surface area contributed by atoms with Crippen LogP contribution in [0.1, 0.15) is 25.7 Å². The van der Waals surface area contributed by atoms with Crippen LogP contribution in [-0.2, 0) is 9.84 Å². The van der Waals surface area contributed by atoms with Gasteiger partial charge in [-0.05, 0) is 31.6 Å². The minimum atomic E-state index is -2.88. The molecule has 2 rings (SSSR count). The highest BCUT2D eigenvalue weighted by Crippen LogP contribution is 2.24. The highest BCUT2D eigenvalue weighted by Gasteiger charge is 2.46. The minimum absolute atomic E-state index is 0.00606. The van der Waals surface area contributed by atoms with Crippen LogP contribution in [0.4, 0.5) is 0 Å². The molecule has 2 saturated heterocycles. The lowest BCUT2D eigenvalue weighted by molar-refractivity contribution is 0.345. The summed E-state index contributed by atoms with van der Waals surface area (Å²) in [5.41, 5.74) is 5.45. The van der Waals surface area contributed by atoms with Crippen LogP contribution < -0.4 is 11.1 Å². The maximum absolute atomic E-state index is 11.6. The van der Waals surface area contributed by atoms with Gasteiger partial charge in [-0.25, -0.2) is 8.42 Å². The molecule has 7 heteroatoms. The summed E-state index contributed by atoms with van der Waals surface area (Å²) in [7, 11) is -2.88. The lowest BCUT2D eigenvalue weighted by atomic mass is 10.1. The van der Waals surface area contributed by atoms with E-state index in [2.05, 4.69) is 10.2 Å². The lowest BCUT2D eigenvalue weighted by Gasteiger charge is -2.23. The van der Waals surface area contributed by atoms with Crippen molar-refractivity contribution in [3.05, 3.63) is 0 Å². The van der Waals surface area contributed by atoms with Crippen molar-refractivity contribution in [1.29, 1.82) is 0 Å². The van der Waals surface area contributed by atoms with Crippen molar-refractivity contribution in [2.24, 2.45) is 5.73 Å². The number of sulfone groups is 1. The van der Waals surface area contributed by atoms with Crippen LogP contribution in [0.15, 0.2) is 0 Å². The van der Waals surface area contributed by atoms with Crippen molar-refractivity contribution < 1.29 is 8.42 Å². The molecule has 2 atom stereocenters. The third kappa shape index (κ3) is 3.13. The molecule has 0 aromatic heterocycles. The topological polar surface area (TPSA) is 75.4 Å². The Morgan fingerprint density at radius 3 is 2.72 bits per heavy atom. The van der Waals surface area contributed by atoms with Gasteiger partial charge in [0, 0.05) is 6.54 Å². The SMILES string of the molecule is NCCCCCCN1C(=S)N[C@H]2CS(=O)(=O)C[C@@H]21. The smallest absolute Gasteiger partial charge is 0.169 e. The van der Waals surface area contributed by atoms with E-state index in [0.29, 0.717) is 0 Å². The van der Waals surface area contributed by atoms with Crippen molar-refractivity contribution in [3.63, 3.8) is 0 Å². The zero-order valence-electron chi connectivity index (χ0n) is 10.5. The highest BCUT2D eigenvalue weighted by atomic mass is 32.2. The fourth-order valence-corrected chi connectivity index (χ4v) is 5.01. The standard InChI is InChI=1S/C11H21N3O2S2/c12-5-3-1-2-4-6-14-10-8-18(15,16)7-9(10)13-11(14)17/h9-10H,1-8,12H2,(H,13,17)/t9-,10-/m0/s1. The number of fused-ring (bicyclic) bond motifs is 1. The van der Waals surface area contributed by atoms with Crippen LogP contribution in [0.3, 0.4) is 0 Å². The lowest BCUT2D eigenvalue weighted by Crippen LogP contribution is -2.37. The van der Waals surface area contributed by atoms with Crippen LogP contribution in [0.5, 0.6) is 0 Å². The first-order valence-corrected chi connectivity index (χ1v) is 8.74. The molecule has 0 radical (unpaired) electrons. The van der Waals surface area contributed by atoms with E-state index < -0.39 is 9.84 Å². The van der Waals surface area contributed by atoms with E-state index in [-0.39, 0.29) is 23.6 Å². The van der Waals surface area contributed by atoms with Crippen molar-refractivity contribution in [2.45, 2.75) is 37.8 Å². The molecular weight excluding hydrogens is 270 g/mol. The molecule has 2 aliphatic heterocycles. The van der Waals surface area contributed by atoms with Crippen LogP contribution in [0, 0.1) is 0 Å². The zero-order chi connectivity index (χ0) is 13.2. The van der Waals surface area contributed by atoms with Crippen LogP contribution in [0.2, 0.25) is 0 Å². The summed E-state index contributed by atoms with van der Waals surface area (Å²) < 4.78 is 23.2. The molecule has 0 spiro atoms. The van der Waals surface area contributed by atoms with E-state index >= 15 is 0 Å². The van der Waals surface area contributed by atoms with Gasteiger partial charge >= 0.3 is 0 Å². The molecule has 0 aromatic rings. The molecule has 0 bridgehead atoms. The first kappa shape index (κ1) is 14.0. The fraction of sp³-hybridized carbons (Fsp3) is 0.909. The number of nitrogens with two attached hydrogens (primary N) is 1. The third-order valence-electron chi connectivity index (χ3n) is 3.65.